The molecule has 2 aromatic rings. The highest BCUT2D eigenvalue weighted by Gasteiger charge is 2.25. The second-order valence-corrected chi connectivity index (χ2v) is 6.06. The molecular formula is C13H14N2O2S. The number of fused-ring (bicyclic) bond motifs is 1. The predicted octanol–water partition coefficient (Wildman–Crippen LogP) is 2.37. The molecule has 3 rings (SSSR count). The molecule has 0 amide bonds. The van der Waals surface area contributed by atoms with Crippen molar-refractivity contribution >= 4 is 27.3 Å². The van der Waals surface area contributed by atoms with Crippen molar-refractivity contribution in [1.82, 2.24) is 9.55 Å². The number of ketones is 1. The van der Waals surface area contributed by atoms with E-state index in [0.717, 1.165) is 27.1 Å². The van der Waals surface area contributed by atoms with Crippen molar-refractivity contribution in [3.8, 4) is 0 Å². The highest BCUT2D eigenvalue weighted by Crippen LogP contribution is 2.29. The minimum Gasteiger partial charge on any atom is -0.300 e. The fourth-order valence-corrected chi connectivity index (χ4v) is 3.53. The molecule has 0 radical (unpaired) electrons. The molecule has 18 heavy (non-hydrogen) atoms. The molecule has 0 bridgehead atoms. The molecule has 0 saturated heterocycles. The first-order chi connectivity index (χ1) is 8.58. The number of aromatic nitrogens is 2. The molecule has 0 spiro atoms. The number of rotatable bonds is 1. The highest BCUT2D eigenvalue weighted by atomic mass is 32.1. The van der Waals surface area contributed by atoms with Crippen LogP contribution in [0.5, 0.6) is 0 Å². The Bertz CT molecular complexity index is 699. The summed E-state index contributed by atoms with van der Waals surface area (Å²) in [5.74, 6) is 0.241. The van der Waals surface area contributed by atoms with Crippen LogP contribution >= 0.6 is 11.3 Å². The van der Waals surface area contributed by atoms with Crippen LogP contribution < -0.4 is 5.56 Å². The Morgan fingerprint density at radius 1 is 1.39 bits per heavy atom. The van der Waals surface area contributed by atoms with Crippen LogP contribution in [0.2, 0.25) is 0 Å². The van der Waals surface area contributed by atoms with Gasteiger partial charge >= 0.3 is 0 Å². The summed E-state index contributed by atoms with van der Waals surface area (Å²) in [6.07, 6.45) is 3.41. The maximum Gasteiger partial charge on any atom is 0.262 e. The summed E-state index contributed by atoms with van der Waals surface area (Å²) in [7, 11) is 0. The van der Waals surface area contributed by atoms with Gasteiger partial charge in [-0.2, -0.15) is 0 Å². The Kier molecular flexibility index (Phi) is 2.59. The van der Waals surface area contributed by atoms with E-state index in [2.05, 4.69) is 4.98 Å². The summed E-state index contributed by atoms with van der Waals surface area (Å²) in [6, 6.07) is 0.00139. The average molecular weight is 262 g/mol. The molecule has 0 aromatic carbocycles. The minimum absolute atomic E-state index is 0.00139. The molecule has 0 N–H and O–H groups in total. The van der Waals surface area contributed by atoms with Gasteiger partial charge in [0.25, 0.3) is 5.56 Å². The number of hydrogen-bond donors (Lipinski definition) is 0. The van der Waals surface area contributed by atoms with Gasteiger partial charge in [0.1, 0.15) is 10.6 Å². The van der Waals surface area contributed by atoms with Gasteiger partial charge in [0.15, 0.2) is 0 Å². The van der Waals surface area contributed by atoms with Crippen molar-refractivity contribution in [2.75, 3.05) is 0 Å². The first kappa shape index (κ1) is 11.6. The molecule has 5 heteroatoms. The van der Waals surface area contributed by atoms with E-state index in [4.69, 9.17) is 0 Å². The van der Waals surface area contributed by atoms with E-state index in [1.165, 1.54) is 0 Å². The van der Waals surface area contributed by atoms with Crippen LogP contribution in [-0.2, 0) is 4.79 Å². The smallest absolute Gasteiger partial charge is 0.262 e. The van der Waals surface area contributed by atoms with Gasteiger partial charge < -0.3 is 0 Å². The van der Waals surface area contributed by atoms with Crippen LogP contribution in [0.1, 0.15) is 35.7 Å². The van der Waals surface area contributed by atoms with Crippen LogP contribution in [0.3, 0.4) is 0 Å². The van der Waals surface area contributed by atoms with Gasteiger partial charge in [-0.15, -0.1) is 11.3 Å². The number of aryl methyl sites for hydroxylation is 2. The molecule has 94 valence electrons. The fraction of sp³-hybridized carbons (Fsp3) is 0.462. The zero-order valence-electron chi connectivity index (χ0n) is 10.4. The van der Waals surface area contributed by atoms with E-state index in [-0.39, 0.29) is 17.4 Å². The van der Waals surface area contributed by atoms with E-state index < -0.39 is 0 Å². The third kappa shape index (κ3) is 1.61. The van der Waals surface area contributed by atoms with E-state index in [1.54, 1.807) is 22.2 Å². The van der Waals surface area contributed by atoms with Crippen LogP contribution in [0, 0.1) is 13.8 Å². The molecule has 0 aliphatic heterocycles. The number of hydrogen-bond acceptors (Lipinski definition) is 4. The number of nitrogens with zero attached hydrogens (tertiary/aromatic N) is 2. The van der Waals surface area contributed by atoms with Gasteiger partial charge in [-0.1, -0.05) is 0 Å². The van der Waals surface area contributed by atoms with Crippen molar-refractivity contribution in [3.05, 3.63) is 27.1 Å². The van der Waals surface area contributed by atoms with Crippen molar-refractivity contribution in [3.63, 3.8) is 0 Å². The Labute approximate surface area is 108 Å². The Morgan fingerprint density at radius 3 is 2.83 bits per heavy atom. The summed E-state index contributed by atoms with van der Waals surface area (Å²) < 4.78 is 1.65. The third-order valence-electron chi connectivity index (χ3n) is 3.73. The lowest BCUT2D eigenvalue weighted by atomic mass is 10.2. The molecule has 1 aliphatic rings. The van der Waals surface area contributed by atoms with Crippen LogP contribution in [0.25, 0.3) is 10.2 Å². The van der Waals surface area contributed by atoms with Crippen molar-refractivity contribution in [2.45, 2.75) is 39.2 Å². The van der Waals surface area contributed by atoms with Gasteiger partial charge in [-0.3, -0.25) is 14.2 Å². The molecule has 1 aliphatic carbocycles. The number of carbonyl (C=O) groups excluding carboxylic acids is 1. The lowest BCUT2D eigenvalue weighted by molar-refractivity contribution is -0.117. The maximum atomic E-state index is 12.5. The first-order valence-corrected chi connectivity index (χ1v) is 6.88. The molecule has 2 aromatic heterocycles. The molecule has 1 unspecified atom stereocenters. The fourth-order valence-electron chi connectivity index (χ4n) is 2.54. The second kappa shape index (κ2) is 4.02. The summed E-state index contributed by atoms with van der Waals surface area (Å²) in [6.45, 7) is 3.96. The zero-order chi connectivity index (χ0) is 12.9. The summed E-state index contributed by atoms with van der Waals surface area (Å²) >= 11 is 1.55. The zero-order valence-corrected chi connectivity index (χ0v) is 11.2. The van der Waals surface area contributed by atoms with Gasteiger partial charge in [-0.05, 0) is 25.8 Å². The topological polar surface area (TPSA) is 52.0 Å². The molecular weight excluding hydrogens is 248 g/mol. The summed E-state index contributed by atoms with van der Waals surface area (Å²) in [5.41, 5.74) is 1.02. The number of carbonyl (C=O) groups is 1. The first-order valence-electron chi connectivity index (χ1n) is 6.06. The third-order valence-corrected chi connectivity index (χ3v) is 4.84. The van der Waals surface area contributed by atoms with E-state index >= 15 is 0 Å². The van der Waals surface area contributed by atoms with Crippen LogP contribution in [-0.4, -0.2) is 15.3 Å². The van der Waals surface area contributed by atoms with Gasteiger partial charge in [0.05, 0.1) is 11.7 Å². The SMILES string of the molecule is Cc1sc2ncn(C3CCC(=O)C3)c(=O)c2c1C. The lowest BCUT2D eigenvalue weighted by Crippen LogP contribution is -2.24. The number of thiophene rings is 1. The van der Waals surface area contributed by atoms with Gasteiger partial charge in [-0.25, -0.2) is 4.98 Å². The molecule has 2 heterocycles. The standard InChI is InChI=1S/C13H14N2O2S/c1-7-8(2)18-12-11(7)13(17)15(6-14-12)9-3-4-10(16)5-9/h6,9H,3-5H2,1-2H3. The number of Topliss-reactive ketones (excluding diaryl/α,β-unsaturated/α-hetero) is 1. The molecule has 1 atom stereocenters. The summed E-state index contributed by atoms with van der Waals surface area (Å²) in [5, 5.41) is 0.722. The van der Waals surface area contributed by atoms with E-state index in [1.807, 2.05) is 13.8 Å². The lowest BCUT2D eigenvalue weighted by Gasteiger charge is -2.11. The molecule has 4 nitrogen and oxygen atoms in total. The van der Waals surface area contributed by atoms with Gasteiger partial charge in [0, 0.05) is 23.8 Å². The minimum atomic E-state index is 0.00139. The Balaban J connectivity index is 2.20. The van der Waals surface area contributed by atoms with Crippen molar-refractivity contribution < 1.29 is 4.79 Å². The summed E-state index contributed by atoms with van der Waals surface area (Å²) in [4.78, 5) is 30.1. The highest BCUT2D eigenvalue weighted by molar-refractivity contribution is 7.18. The molecule has 1 saturated carbocycles. The monoisotopic (exact) mass is 262 g/mol. The predicted molar refractivity (Wildman–Crippen MR) is 71.2 cm³/mol. The van der Waals surface area contributed by atoms with E-state index in [0.29, 0.717) is 12.8 Å². The second-order valence-electron chi connectivity index (χ2n) is 4.86. The van der Waals surface area contributed by atoms with Crippen LogP contribution in [0.15, 0.2) is 11.1 Å². The average Bonchev–Trinajstić information content (AvgIpc) is 2.86. The van der Waals surface area contributed by atoms with E-state index in [9.17, 15) is 9.59 Å². The van der Waals surface area contributed by atoms with Crippen molar-refractivity contribution in [1.29, 1.82) is 0 Å². The van der Waals surface area contributed by atoms with Crippen LogP contribution in [0.4, 0.5) is 0 Å². The normalized spacial score (nSPS) is 19.9. The quantitative estimate of drug-likeness (QED) is 0.792. The van der Waals surface area contributed by atoms with Crippen molar-refractivity contribution in [2.24, 2.45) is 0 Å². The molecule has 1 fully saturated rings. The maximum absolute atomic E-state index is 12.5. The largest absolute Gasteiger partial charge is 0.300 e. The Morgan fingerprint density at radius 2 is 2.17 bits per heavy atom. The van der Waals surface area contributed by atoms with Gasteiger partial charge in [0.2, 0.25) is 0 Å². The Hall–Kier alpha value is -1.49.